The van der Waals surface area contributed by atoms with Crippen LogP contribution in [0.2, 0.25) is 0 Å². The first-order valence-corrected chi connectivity index (χ1v) is 5.68. The molecule has 1 aromatic carbocycles. The van der Waals surface area contributed by atoms with Gasteiger partial charge in [-0.1, -0.05) is 12.1 Å². The fourth-order valence-electron chi connectivity index (χ4n) is 1.37. The molecule has 0 aliphatic heterocycles. The number of carbonyl (C=O) groups excluding carboxylic acids is 2. The van der Waals surface area contributed by atoms with Gasteiger partial charge in [-0.25, -0.2) is 4.79 Å². The van der Waals surface area contributed by atoms with Crippen molar-refractivity contribution >= 4 is 17.8 Å². The molecule has 6 heteroatoms. The van der Waals surface area contributed by atoms with Crippen LogP contribution in [-0.2, 0) is 20.9 Å². The van der Waals surface area contributed by atoms with Crippen LogP contribution in [0.15, 0.2) is 24.3 Å². The zero-order valence-electron chi connectivity index (χ0n) is 10.5. The normalized spacial score (nSPS) is 9.74. The minimum Gasteiger partial charge on any atom is -0.478 e. The van der Waals surface area contributed by atoms with E-state index < -0.39 is 11.9 Å². The smallest absolute Gasteiger partial charge is 0.335 e. The predicted octanol–water partition coefficient (Wildman–Crippen LogP) is 0.954. The molecule has 2 N–H and O–H groups in total. The van der Waals surface area contributed by atoms with Crippen LogP contribution in [0.1, 0.15) is 28.8 Å². The number of aromatic carboxylic acids is 1. The molecule has 0 radical (unpaired) electrons. The van der Waals surface area contributed by atoms with Gasteiger partial charge in [0.15, 0.2) is 0 Å². The van der Waals surface area contributed by atoms with Gasteiger partial charge in [-0.15, -0.1) is 0 Å². The molecule has 0 aromatic heterocycles. The highest BCUT2D eigenvalue weighted by Crippen LogP contribution is 2.04. The summed E-state index contributed by atoms with van der Waals surface area (Å²) in [5, 5.41) is 11.4. The number of carboxylic acid groups (broad SMARTS) is 1. The monoisotopic (exact) mass is 265 g/mol. The van der Waals surface area contributed by atoms with Gasteiger partial charge in [-0.05, 0) is 17.7 Å². The number of hydrogen-bond donors (Lipinski definition) is 2. The molecule has 0 spiro atoms. The number of amides is 1. The molecule has 0 aliphatic carbocycles. The first kappa shape index (κ1) is 14.7. The Hall–Kier alpha value is -2.37. The SMILES string of the molecule is COC(=O)CCC(=O)NCc1ccc(C(=O)O)cc1. The molecule has 0 saturated heterocycles. The Labute approximate surface area is 110 Å². The Bertz CT molecular complexity index is 466. The van der Waals surface area contributed by atoms with Crippen molar-refractivity contribution in [2.75, 3.05) is 7.11 Å². The van der Waals surface area contributed by atoms with Gasteiger partial charge < -0.3 is 15.2 Å². The average molecular weight is 265 g/mol. The molecule has 0 saturated carbocycles. The molecule has 19 heavy (non-hydrogen) atoms. The highest BCUT2D eigenvalue weighted by Gasteiger charge is 2.07. The molecular weight excluding hydrogens is 250 g/mol. The highest BCUT2D eigenvalue weighted by atomic mass is 16.5. The molecule has 0 bridgehead atoms. The van der Waals surface area contributed by atoms with Crippen molar-refractivity contribution in [1.82, 2.24) is 5.32 Å². The fourth-order valence-corrected chi connectivity index (χ4v) is 1.37. The van der Waals surface area contributed by atoms with Crippen LogP contribution in [0.4, 0.5) is 0 Å². The van der Waals surface area contributed by atoms with Gasteiger partial charge in [-0.2, -0.15) is 0 Å². The highest BCUT2D eigenvalue weighted by molar-refractivity contribution is 5.87. The Balaban J connectivity index is 2.37. The van der Waals surface area contributed by atoms with Gasteiger partial charge in [-0.3, -0.25) is 9.59 Å². The number of benzene rings is 1. The van der Waals surface area contributed by atoms with Crippen LogP contribution in [0.25, 0.3) is 0 Å². The average Bonchev–Trinajstić information content (AvgIpc) is 2.42. The lowest BCUT2D eigenvalue weighted by atomic mass is 10.1. The largest absolute Gasteiger partial charge is 0.478 e. The minimum atomic E-state index is -0.992. The molecule has 1 aromatic rings. The van der Waals surface area contributed by atoms with Gasteiger partial charge >= 0.3 is 11.9 Å². The summed E-state index contributed by atoms with van der Waals surface area (Å²) >= 11 is 0. The predicted molar refractivity (Wildman–Crippen MR) is 66.5 cm³/mol. The summed E-state index contributed by atoms with van der Waals surface area (Å²) in [6.45, 7) is 0.292. The Kier molecular flexibility index (Phi) is 5.53. The van der Waals surface area contributed by atoms with Crippen molar-refractivity contribution in [3.8, 4) is 0 Å². The van der Waals surface area contributed by atoms with E-state index in [0.29, 0.717) is 6.54 Å². The number of esters is 1. The third-order valence-electron chi connectivity index (χ3n) is 2.47. The van der Waals surface area contributed by atoms with Crippen LogP contribution in [-0.4, -0.2) is 30.1 Å². The minimum absolute atomic E-state index is 0.0419. The molecule has 6 nitrogen and oxygen atoms in total. The van der Waals surface area contributed by atoms with Gasteiger partial charge in [0, 0.05) is 13.0 Å². The van der Waals surface area contributed by atoms with E-state index in [1.54, 1.807) is 12.1 Å². The van der Waals surface area contributed by atoms with E-state index in [2.05, 4.69) is 10.1 Å². The van der Waals surface area contributed by atoms with Gasteiger partial charge in [0.1, 0.15) is 0 Å². The summed E-state index contributed by atoms with van der Waals surface area (Å²) in [4.78, 5) is 32.9. The van der Waals surface area contributed by atoms with E-state index in [4.69, 9.17) is 5.11 Å². The molecule has 102 valence electrons. The maximum atomic E-state index is 11.4. The lowest BCUT2D eigenvalue weighted by Crippen LogP contribution is -2.23. The number of carbonyl (C=O) groups is 3. The number of rotatable bonds is 6. The molecule has 0 unspecified atom stereocenters. The van der Waals surface area contributed by atoms with E-state index in [0.717, 1.165) is 5.56 Å². The van der Waals surface area contributed by atoms with Crippen LogP contribution in [0, 0.1) is 0 Å². The summed E-state index contributed by atoms with van der Waals surface area (Å²) in [5.74, 6) is -1.68. The van der Waals surface area contributed by atoms with Crippen LogP contribution < -0.4 is 5.32 Å². The van der Waals surface area contributed by atoms with Crippen LogP contribution in [0.3, 0.4) is 0 Å². The van der Waals surface area contributed by atoms with Crippen molar-refractivity contribution in [2.45, 2.75) is 19.4 Å². The van der Waals surface area contributed by atoms with Crippen molar-refractivity contribution in [3.63, 3.8) is 0 Å². The number of carboxylic acids is 1. The number of nitrogens with one attached hydrogen (secondary N) is 1. The molecule has 0 aliphatic rings. The Morgan fingerprint density at radius 2 is 1.79 bits per heavy atom. The molecule has 0 heterocycles. The van der Waals surface area contributed by atoms with E-state index in [-0.39, 0.29) is 24.3 Å². The lowest BCUT2D eigenvalue weighted by Gasteiger charge is -2.05. The fraction of sp³-hybridized carbons (Fsp3) is 0.308. The lowest BCUT2D eigenvalue weighted by molar-refractivity contribution is -0.142. The van der Waals surface area contributed by atoms with E-state index in [1.165, 1.54) is 19.2 Å². The summed E-state index contributed by atoms with van der Waals surface area (Å²) < 4.78 is 4.42. The van der Waals surface area contributed by atoms with Crippen molar-refractivity contribution in [3.05, 3.63) is 35.4 Å². The topological polar surface area (TPSA) is 92.7 Å². The van der Waals surface area contributed by atoms with Crippen LogP contribution >= 0.6 is 0 Å². The number of methoxy groups -OCH3 is 1. The standard InChI is InChI=1S/C13H15NO5/c1-19-12(16)7-6-11(15)14-8-9-2-4-10(5-3-9)13(17)18/h2-5H,6-8H2,1H3,(H,14,15)(H,17,18). The van der Waals surface area contributed by atoms with Gasteiger partial charge in [0.2, 0.25) is 5.91 Å². The molecular formula is C13H15NO5. The summed E-state index contributed by atoms with van der Waals surface area (Å²) in [6, 6.07) is 6.20. The zero-order chi connectivity index (χ0) is 14.3. The Morgan fingerprint density at radius 3 is 2.32 bits per heavy atom. The second kappa shape index (κ2) is 7.15. The van der Waals surface area contributed by atoms with Crippen LogP contribution in [0.5, 0.6) is 0 Å². The van der Waals surface area contributed by atoms with Crippen molar-refractivity contribution in [1.29, 1.82) is 0 Å². The maximum Gasteiger partial charge on any atom is 0.335 e. The third-order valence-corrected chi connectivity index (χ3v) is 2.47. The number of hydrogen-bond acceptors (Lipinski definition) is 4. The van der Waals surface area contributed by atoms with Gasteiger partial charge in [0.05, 0.1) is 19.1 Å². The third kappa shape index (κ3) is 5.20. The molecule has 1 amide bonds. The maximum absolute atomic E-state index is 11.4. The molecule has 0 atom stereocenters. The second-order valence-corrected chi connectivity index (χ2v) is 3.85. The van der Waals surface area contributed by atoms with Gasteiger partial charge in [0.25, 0.3) is 0 Å². The summed E-state index contributed by atoms with van der Waals surface area (Å²) in [5.41, 5.74) is 0.984. The second-order valence-electron chi connectivity index (χ2n) is 3.85. The quantitative estimate of drug-likeness (QED) is 0.747. The molecule has 1 rings (SSSR count). The first-order valence-electron chi connectivity index (χ1n) is 5.68. The summed E-state index contributed by atoms with van der Waals surface area (Å²) in [7, 11) is 1.27. The van der Waals surface area contributed by atoms with E-state index >= 15 is 0 Å². The van der Waals surface area contributed by atoms with E-state index in [9.17, 15) is 14.4 Å². The van der Waals surface area contributed by atoms with Crippen molar-refractivity contribution in [2.24, 2.45) is 0 Å². The zero-order valence-corrected chi connectivity index (χ0v) is 10.5. The summed E-state index contributed by atoms with van der Waals surface area (Å²) in [6.07, 6.45) is 0.111. The van der Waals surface area contributed by atoms with Crippen molar-refractivity contribution < 1.29 is 24.2 Å². The Morgan fingerprint density at radius 1 is 1.16 bits per heavy atom. The molecule has 0 fully saturated rings. The first-order chi connectivity index (χ1) is 9.02. The van der Waals surface area contributed by atoms with E-state index in [1.807, 2.05) is 0 Å². The number of ether oxygens (including phenoxy) is 1.